The Morgan fingerprint density at radius 2 is 1.79 bits per heavy atom. The van der Waals surface area contributed by atoms with Crippen LogP contribution >= 0.6 is 0 Å². The third-order valence-corrected chi connectivity index (χ3v) is 3.49. The van der Waals surface area contributed by atoms with Crippen molar-refractivity contribution in [2.75, 3.05) is 13.2 Å². The van der Waals surface area contributed by atoms with Crippen molar-refractivity contribution in [1.29, 1.82) is 0 Å². The lowest BCUT2D eigenvalue weighted by Gasteiger charge is -2.37. The summed E-state index contributed by atoms with van der Waals surface area (Å²) in [5, 5.41) is 11.4. The van der Waals surface area contributed by atoms with Crippen LogP contribution in [0.2, 0.25) is 0 Å². The molecule has 1 fully saturated rings. The first-order valence-corrected chi connectivity index (χ1v) is 6.40. The molecular weight excluding hydrogens is 246 g/mol. The standard InChI is InChI=1S/C14H19NO4/c1-13(2)18-10-14(11-19-13,15(16)17)9-8-12-6-4-3-5-7-12/h3-7H,8-11H2,1-2H3. The van der Waals surface area contributed by atoms with Crippen molar-refractivity contribution in [3.63, 3.8) is 0 Å². The van der Waals surface area contributed by atoms with Crippen molar-refractivity contribution < 1.29 is 14.4 Å². The molecule has 2 rings (SSSR count). The number of benzene rings is 1. The predicted molar refractivity (Wildman–Crippen MR) is 70.5 cm³/mol. The van der Waals surface area contributed by atoms with Gasteiger partial charge in [0.2, 0.25) is 0 Å². The van der Waals surface area contributed by atoms with E-state index in [9.17, 15) is 10.1 Å². The highest BCUT2D eigenvalue weighted by Crippen LogP contribution is 2.29. The van der Waals surface area contributed by atoms with E-state index in [1.165, 1.54) is 0 Å². The van der Waals surface area contributed by atoms with Crippen molar-refractivity contribution in [3.05, 3.63) is 46.0 Å². The molecule has 1 aliphatic rings. The summed E-state index contributed by atoms with van der Waals surface area (Å²) in [6.07, 6.45) is 1.06. The molecule has 0 N–H and O–H groups in total. The molecule has 0 amide bonds. The van der Waals surface area contributed by atoms with Crippen molar-refractivity contribution in [2.45, 2.75) is 38.0 Å². The second kappa shape index (κ2) is 5.27. The van der Waals surface area contributed by atoms with Crippen LogP contribution in [0.25, 0.3) is 0 Å². The van der Waals surface area contributed by atoms with Crippen LogP contribution in [-0.2, 0) is 15.9 Å². The van der Waals surface area contributed by atoms with E-state index in [1.807, 2.05) is 30.3 Å². The van der Waals surface area contributed by atoms with E-state index in [1.54, 1.807) is 13.8 Å². The second-order valence-corrected chi connectivity index (χ2v) is 5.44. The third kappa shape index (κ3) is 3.30. The zero-order valence-corrected chi connectivity index (χ0v) is 11.3. The van der Waals surface area contributed by atoms with E-state index in [2.05, 4.69) is 0 Å². The fourth-order valence-electron chi connectivity index (χ4n) is 2.06. The highest BCUT2D eigenvalue weighted by molar-refractivity contribution is 5.15. The van der Waals surface area contributed by atoms with Crippen LogP contribution < -0.4 is 0 Å². The molecule has 0 bridgehead atoms. The van der Waals surface area contributed by atoms with Gasteiger partial charge in [-0.2, -0.15) is 0 Å². The van der Waals surface area contributed by atoms with Gasteiger partial charge in [-0.3, -0.25) is 10.1 Å². The number of aryl methyl sites for hydroxylation is 1. The first kappa shape index (κ1) is 14.0. The van der Waals surface area contributed by atoms with Gasteiger partial charge in [0.25, 0.3) is 5.54 Å². The minimum atomic E-state index is -1.13. The Morgan fingerprint density at radius 1 is 1.21 bits per heavy atom. The number of ether oxygens (including phenoxy) is 2. The highest BCUT2D eigenvalue weighted by atomic mass is 16.7. The largest absolute Gasteiger partial charge is 0.343 e. The molecule has 0 aliphatic carbocycles. The van der Waals surface area contributed by atoms with Crippen molar-refractivity contribution in [2.24, 2.45) is 0 Å². The van der Waals surface area contributed by atoms with Gasteiger partial charge in [0.1, 0.15) is 13.2 Å². The predicted octanol–water partition coefficient (Wildman–Crippen LogP) is 2.42. The fourth-order valence-corrected chi connectivity index (χ4v) is 2.06. The summed E-state index contributed by atoms with van der Waals surface area (Å²) in [5.41, 5.74) is -0.0423. The molecule has 5 heteroatoms. The quantitative estimate of drug-likeness (QED) is 0.619. The summed E-state index contributed by atoms with van der Waals surface area (Å²) in [6.45, 7) is 3.74. The van der Waals surface area contributed by atoms with Crippen LogP contribution in [0.1, 0.15) is 25.8 Å². The van der Waals surface area contributed by atoms with Crippen LogP contribution in [0.15, 0.2) is 30.3 Å². The van der Waals surface area contributed by atoms with E-state index in [-0.39, 0.29) is 18.1 Å². The molecule has 0 saturated carbocycles. The first-order valence-electron chi connectivity index (χ1n) is 6.40. The van der Waals surface area contributed by atoms with Gasteiger partial charge in [-0.15, -0.1) is 0 Å². The minimum absolute atomic E-state index is 0.0971. The van der Waals surface area contributed by atoms with Gasteiger partial charge in [-0.05, 0) is 25.8 Å². The van der Waals surface area contributed by atoms with E-state index < -0.39 is 11.3 Å². The molecule has 1 saturated heterocycles. The van der Waals surface area contributed by atoms with E-state index in [0.29, 0.717) is 12.8 Å². The smallest absolute Gasteiger partial charge is 0.268 e. The Bertz CT molecular complexity index is 434. The molecule has 0 unspecified atom stereocenters. The van der Waals surface area contributed by atoms with Crippen molar-refractivity contribution in [3.8, 4) is 0 Å². The Balaban J connectivity index is 2.03. The Labute approximate surface area is 112 Å². The Morgan fingerprint density at radius 3 is 2.32 bits per heavy atom. The van der Waals surface area contributed by atoms with E-state index in [0.717, 1.165) is 5.56 Å². The highest BCUT2D eigenvalue weighted by Gasteiger charge is 2.49. The monoisotopic (exact) mass is 265 g/mol. The summed E-state index contributed by atoms with van der Waals surface area (Å²) >= 11 is 0. The number of nitrogens with zero attached hydrogens (tertiary/aromatic N) is 1. The Kier molecular flexibility index (Phi) is 3.87. The van der Waals surface area contributed by atoms with Crippen LogP contribution in [-0.4, -0.2) is 29.5 Å². The molecule has 1 aliphatic heterocycles. The summed E-state index contributed by atoms with van der Waals surface area (Å²) in [5.74, 6) is -0.730. The average Bonchev–Trinajstić information content (AvgIpc) is 2.39. The normalized spacial score (nSPS) is 20.9. The second-order valence-electron chi connectivity index (χ2n) is 5.44. The molecule has 0 spiro atoms. The number of rotatable bonds is 4. The summed E-state index contributed by atoms with van der Waals surface area (Å²) in [7, 11) is 0. The van der Waals surface area contributed by atoms with Crippen molar-refractivity contribution >= 4 is 0 Å². The molecule has 104 valence electrons. The molecular formula is C14H19NO4. The molecule has 0 aromatic heterocycles. The lowest BCUT2D eigenvalue weighted by molar-refractivity contribution is -0.596. The average molecular weight is 265 g/mol. The summed E-state index contributed by atoms with van der Waals surface area (Å²) in [6, 6.07) is 9.75. The van der Waals surface area contributed by atoms with Crippen LogP contribution in [0.3, 0.4) is 0 Å². The zero-order valence-electron chi connectivity index (χ0n) is 11.3. The first-order chi connectivity index (χ1) is 8.94. The summed E-state index contributed by atoms with van der Waals surface area (Å²) in [4.78, 5) is 11.1. The zero-order chi connectivity index (χ0) is 13.9. The topological polar surface area (TPSA) is 61.6 Å². The molecule has 0 radical (unpaired) electrons. The Hall–Kier alpha value is -1.46. The van der Waals surface area contributed by atoms with E-state index >= 15 is 0 Å². The maximum atomic E-state index is 11.4. The maximum absolute atomic E-state index is 11.4. The molecule has 19 heavy (non-hydrogen) atoms. The number of hydrogen-bond donors (Lipinski definition) is 0. The molecule has 0 atom stereocenters. The fraction of sp³-hybridized carbons (Fsp3) is 0.571. The third-order valence-electron chi connectivity index (χ3n) is 3.49. The van der Waals surface area contributed by atoms with Crippen LogP contribution in [0.5, 0.6) is 0 Å². The number of nitro groups is 1. The maximum Gasteiger partial charge on any atom is 0.268 e. The molecule has 1 aromatic carbocycles. The van der Waals surface area contributed by atoms with Gasteiger partial charge in [0.15, 0.2) is 5.79 Å². The van der Waals surface area contributed by atoms with Gasteiger partial charge in [0.05, 0.1) is 0 Å². The number of hydrogen-bond acceptors (Lipinski definition) is 4. The van der Waals surface area contributed by atoms with E-state index in [4.69, 9.17) is 9.47 Å². The van der Waals surface area contributed by atoms with Gasteiger partial charge < -0.3 is 9.47 Å². The van der Waals surface area contributed by atoms with Gasteiger partial charge in [-0.25, -0.2) is 0 Å². The molecule has 1 heterocycles. The lowest BCUT2D eigenvalue weighted by atomic mass is 9.92. The van der Waals surface area contributed by atoms with Gasteiger partial charge in [0, 0.05) is 11.3 Å². The molecule has 1 aromatic rings. The molecule has 5 nitrogen and oxygen atoms in total. The van der Waals surface area contributed by atoms with Gasteiger partial charge >= 0.3 is 0 Å². The SMILES string of the molecule is CC1(C)OCC(CCc2ccccc2)([N+](=O)[O-])CO1. The van der Waals surface area contributed by atoms with Gasteiger partial charge in [-0.1, -0.05) is 30.3 Å². The minimum Gasteiger partial charge on any atom is -0.343 e. The van der Waals surface area contributed by atoms with Crippen molar-refractivity contribution in [1.82, 2.24) is 0 Å². The van der Waals surface area contributed by atoms with Crippen LogP contribution in [0.4, 0.5) is 0 Å². The lowest BCUT2D eigenvalue weighted by Crippen LogP contribution is -2.56. The van der Waals surface area contributed by atoms with Crippen LogP contribution in [0, 0.1) is 10.1 Å². The summed E-state index contributed by atoms with van der Waals surface area (Å²) < 4.78 is 10.9.